The van der Waals surface area contributed by atoms with Crippen molar-refractivity contribution in [1.29, 1.82) is 0 Å². The predicted molar refractivity (Wildman–Crippen MR) is 232 cm³/mol. The number of rotatable bonds is 36. The first kappa shape index (κ1) is 51.7. The Hall–Kier alpha value is -2.34. The number of carbonyl (C=O) groups excluding carboxylic acids is 2. The third-order valence-electron chi connectivity index (χ3n) is 10.3. The van der Waals surface area contributed by atoms with Crippen LogP contribution in [-0.4, -0.2) is 118 Å². The molecular formula is C46H84N4O6. The number of nitrogens with one attached hydrogen (secondary N) is 2. The number of amides is 2. The molecule has 6 N–H and O–H groups in total. The first-order valence-corrected chi connectivity index (χ1v) is 22.5. The van der Waals surface area contributed by atoms with Gasteiger partial charge in [0.1, 0.15) is 12.1 Å². The Morgan fingerprint density at radius 3 is 1.21 bits per heavy atom. The van der Waals surface area contributed by atoms with Crippen LogP contribution >= 0.6 is 0 Å². The Morgan fingerprint density at radius 2 is 0.839 bits per heavy atom. The van der Waals surface area contributed by atoms with E-state index in [4.69, 9.17) is 0 Å². The van der Waals surface area contributed by atoms with E-state index in [1.165, 1.54) is 38.5 Å². The average Bonchev–Trinajstić information content (AvgIpc) is 3.16. The SMILES string of the molecule is CC/C=C\CC(O)CN(CCCCC1NC(=O)C(CCCCN(CC(O)C/C=C\CC)CC(O)C/C=C\CCCCCCCC)NC1=O)CC(O)C/C=C\CC. The van der Waals surface area contributed by atoms with Crippen LogP contribution in [-0.2, 0) is 9.59 Å². The van der Waals surface area contributed by atoms with E-state index in [-0.39, 0.29) is 11.8 Å². The van der Waals surface area contributed by atoms with Gasteiger partial charge in [-0.15, -0.1) is 0 Å². The molecule has 1 fully saturated rings. The summed E-state index contributed by atoms with van der Waals surface area (Å²) in [6, 6.07) is -1.14. The third kappa shape index (κ3) is 27.3. The maximum atomic E-state index is 13.0. The zero-order valence-corrected chi connectivity index (χ0v) is 36.0. The molecule has 10 heteroatoms. The van der Waals surface area contributed by atoms with Gasteiger partial charge in [-0.3, -0.25) is 19.4 Å². The van der Waals surface area contributed by atoms with Crippen molar-refractivity contribution in [3.8, 4) is 0 Å². The Labute approximate surface area is 342 Å². The number of aliphatic hydroxyl groups is 4. The van der Waals surface area contributed by atoms with Gasteiger partial charge in [-0.1, -0.05) is 108 Å². The number of nitrogens with zero attached hydrogens (tertiary/aromatic N) is 2. The van der Waals surface area contributed by atoms with Gasteiger partial charge in [-0.25, -0.2) is 0 Å². The zero-order valence-electron chi connectivity index (χ0n) is 36.0. The van der Waals surface area contributed by atoms with E-state index in [0.717, 1.165) is 51.4 Å². The van der Waals surface area contributed by atoms with Crippen LogP contribution in [0.2, 0.25) is 0 Å². The Morgan fingerprint density at radius 1 is 0.482 bits per heavy atom. The van der Waals surface area contributed by atoms with E-state index in [0.29, 0.717) is 77.8 Å². The molecule has 0 aliphatic carbocycles. The Balaban J connectivity index is 2.56. The maximum Gasteiger partial charge on any atom is 0.243 e. The lowest BCUT2D eigenvalue weighted by molar-refractivity contribution is -0.137. The predicted octanol–water partition coefficient (Wildman–Crippen LogP) is 7.12. The summed E-state index contributed by atoms with van der Waals surface area (Å²) in [5, 5.41) is 48.6. The van der Waals surface area contributed by atoms with Crippen LogP contribution in [0.25, 0.3) is 0 Å². The first-order chi connectivity index (χ1) is 27.1. The van der Waals surface area contributed by atoms with Crippen molar-refractivity contribution >= 4 is 11.8 Å². The van der Waals surface area contributed by atoms with Gasteiger partial charge in [0.05, 0.1) is 24.4 Å². The molecule has 1 heterocycles. The van der Waals surface area contributed by atoms with Crippen molar-refractivity contribution in [2.75, 3.05) is 39.3 Å². The van der Waals surface area contributed by atoms with Crippen LogP contribution < -0.4 is 10.6 Å². The lowest BCUT2D eigenvalue weighted by atomic mass is 10.0. The van der Waals surface area contributed by atoms with Crippen LogP contribution in [0.3, 0.4) is 0 Å². The minimum atomic E-state index is -0.568. The van der Waals surface area contributed by atoms with Crippen LogP contribution in [0.5, 0.6) is 0 Å². The molecule has 1 rings (SSSR count). The molecule has 0 aromatic heterocycles. The number of allylic oxidation sites excluding steroid dienone is 4. The van der Waals surface area contributed by atoms with Crippen LogP contribution in [0.15, 0.2) is 48.6 Å². The van der Waals surface area contributed by atoms with E-state index in [1.54, 1.807) is 0 Å². The Bertz CT molecular complexity index is 1070. The second-order valence-corrected chi connectivity index (χ2v) is 15.9. The van der Waals surface area contributed by atoms with Gasteiger partial charge in [0, 0.05) is 26.2 Å². The summed E-state index contributed by atoms with van der Waals surface area (Å²) in [7, 11) is 0. The van der Waals surface area contributed by atoms with E-state index in [1.807, 2.05) is 30.4 Å². The molecular weight excluding hydrogens is 705 g/mol. The van der Waals surface area contributed by atoms with E-state index >= 15 is 0 Å². The molecule has 0 bridgehead atoms. The smallest absolute Gasteiger partial charge is 0.243 e. The van der Waals surface area contributed by atoms with Gasteiger partial charge >= 0.3 is 0 Å². The highest BCUT2D eigenvalue weighted by Crippen LogP contribution is 2.14. The minimum Gasteiger partial charge on any atom is -0.391 e. The topological polar surface area (TPSA) is 146 Å². The summed E-state index contributed by atoms with van der Waals surface area (Å²) in [6.45, 7) is 11.7. The van der Waals surface area contributed by atoms with Gasteiger partial charge < -0.3 is 31.1 Å². The van der Waals surface area contributed by atoms with Crippen LogP contribution in [0.4, 0.5) is 0 Å². The summed E-state index contributed by atoms with van der Waals surface area (Å²) < 4.78 is 0. The van der Waals surface area contributed by atoms with Crippen LogP contribution in [0.1, 0.15) is 156 Å². The molecule has 324 valence electrons. The highest BCUT2D eigenvalue weighted by molar-refractivity contribution is 5.96. The molecule has 0 aromatic rings. The first-order valence-electron chi connectivity index (χ1n) is 22.5. The van der Waals surface area contributed by atoms with Crippen molar-refractivity contribution in [2.45, 2.75) is 193 Å². The normalized spacial score (nSPS) is 18.9. The van der Waals surface area contributed by atoms with Crippen molar-refractivity contribution in [1.82, 2.24) is 20.4 Å². The lowest BCUT2D eigenvalue weighted by Crippen LogP contribution is -2.61. The molecule has 1 aliphatic heterocycles. The molecule has 0 radical (unpaired) electrons. The molecule has 6 unspecified atom stereocenters. The molecule has 0 aromatic carbocycles. The summed E-state index contributed by atoms with van der Waals surface area (Å²) in [6.07, 6.45) is 32.2. The van der Waals surface area contributed by atoms with Crippen LogP contribution in [0, 0.1) is 0 Å². The number of unbranched alkanes of at least 4 members (excludes halogenated alkanes) is 8. The van der Waals surface area contributed by atoms with Gasteiger partial charge in [0.25, 0.3) is 0 Å². The largest absolute Gasteiger partial charge is 0.391 e. The maximum absolute atomic E-state index is 13.0. The highest BCUT2D eigenvalue weighted by Gasteiger charge is 2.33. The summed E-state index contributed by atoms with van der Waals surface area (Å²) in [4.78, 5) is 30.3. The number of aliphatic hydroxyl groups excluding tert-OH is 4. The molecule has 6 atom stereocenters. The zero-order chi connectivity index (χ0) is 41.2. The molecule has 1 aliphatic rings. The highest BCUT2D eigenvalue weighted by atomic mass is 16.3. The molecule has 2 amide bonds. The number of hydrogen-bond donors (Lipinski definition) is 6. The second kappa shape index (κ2) is 34.7. The quantitative estimate of drug-likeness (QED) is 0.0291. The summed E-state index contributed by atoms with van der Waals surface area (Å²) in [5.41, 5.74) is 0. The van der Waals surface area contributed by atoms with Crippen molar-refractivity contribution in [3.63, 3.8) is 0 Å². The summed E-state index contributed by atoms with van der Waals surface area (Å²) in [5.74, 6) is -0.304. The monoisotopic (exact) mass is 789 g/mol. The molecule has 0 saturated carbocycles. The molecule has 10 nitrogen and oxygen atoms in total. The molecule has 0 spiro atoms. The Kier molecular flexibility index (Phi) is 32.0. The van der Waals surface area contributed by atoms with Gasteiger partial charge in [0.15, 0.2) is 0 Å². The molecule has 56 heavy (non-hydrogen) atoms. The van der Waals surface area contributed by atoms with Crippen molar-refractivity contribution in [3.05, 3.63) is 48.6 Å². The second-order valence-electron chi connectivity index (χ2n) is 15.9. The van der Waals surface area contributed by atoms with E-state index in [9.17, 15) is 30.0 Å². The fourth-order valence-corrected chi connectivity index (χ4v) is 7.13. The average molecular weight is 789 g/mol. The minimum absolute atomic E-state index is 0.152. The van der Waals surface area contributed by atoms with Crippen molar-refractivity contribution < 1.29 is 30.0 Å². The lowest BCUT2D eigenvalue weighted by Gasteiger charge is -2.31. The fourth-order valence-electron chi connectivity index (χ4n) is 7.13. The van der Waals surface area contributed by atoms with E-state index < -0.39 is 36.5 Å². The summed E-state index contributed by atoms with van der Waals surface area (Å²) >= 11 is 0. The van der Waals surface area contributed by atoms with E-state index in [2.05, 4.69) is 66.4 Å². The number of carbonyl (C=O) groups is 2. The van der Waals surface area contributed by atoms with Crippen molar-refractivity contribution in [2.24, 2.45) is 0 Å². The van der Waals surface area contributed by atoms with Gasteiger partial charge in [-0.05, 0) is 109 Å². The van der Waals surface area contributed by atoms with Gasteiger partial charge in [0.2, 0.25) is 11.8 Å². The standard InChI is InChI=1S/C46H84N4O6/c1-5-9-13-14-15-16-17-18-22-30-42(54)38-50(37-41(53)29-21-12-8-4)34-26-24-32-44-46(56)47-43(45(55)48-44)31-23-25-33-49(35-39(51)27-19-10-6-2)36-40(52)28-20-11-7-3/h10-12,18-22,39-44,51-54H,5-9,13-17,23-38H2,1-4H3,(H,47,56)(H,48,55)/b19-10-,20-11-,21-12-,22-18-. The molecule has 1 saturated heterocycles. The number of hydrogen-bond acceptors (Lipinski definition) is 8. The fraction of sp³-hybridized carbons (Fsp3) is 0.783. The number of piperazine rings is 1. The third-order valence-corrected chi connectivity index (χ3v) is 10.3. The van der Waals surface area contributed by atoms with Gasteiger partial charge in [-0.2, -0.15) is 0 Å².